The van der Waals surface area contributed by atoms with E-state index in [1.54, 1.807) is 12.1 Å². The Hall–Kier alpha value is -3.09. The highest BCUT2D eigenvalue weighted by Crippen LogP contribution is 2.39. The van der Waals surface area contributed by atoms with E-state index in [2.05, 4.69) is 0 Å². The van der Waals surface area contributed by atoms with E-state index in [9.17, 15) is 15.0 Å². The molecule has 2 N–H and O–H groups in total. The van der Waals surface area contributed by atoms with Gasteiger partial charge in [0.1, 0.15) is 22.8 Å². The first-order chi connectivity index (χ1) is 11.9. The highest BCUT2D eigenvalue weighted by Gasteiger charge is 2.21. The lowest BCUT2D eigenvalue weighted by atomic mass is 10.0. The second-order valence-electron chi connectivity index (χ2n) is 5.18. The Morgan fingerprint density at radius 1 is 0.840 bits per heavy atom. The fourth-order valence-electron chi connectivity index (χ4n) is 2.54. The van der Waals surface area contributed by atoms with Crippen LogP contribution in [0.2, 0.25) is 0 Å². The van der Waals surface area contributed by atoms with Crippen LogP contribution in [-0.4, -0.2) is 44.4 Å². The molecule has 0 heterocycles. The van der Waals surface area contributed by atoms with Crippen LogP contribution in [0, 0.1) is 0 Å². The highest BCUT2D eigenvalue weighted by atomic mass is 16.5. The molecular formula is C18H20O7. The molecule has 0 aliphatic rings. The van der Waals surface area contributed by atoms with Crippen LogP contribution in [0.3, 0.4) is 0 Å². The molecule has 7 nitrogen and oxygen atoms in total. The summed E-state index contributed by atoms with van der Waals surface area (Å²) in [4.78, 5) is 12.6. The number of methoxy groups -OCH3 is 4. The number of aromatic hydroxyl groups is 2. The number of Topliss-reactive ketones (excluding diaryl/α,β-unsaturated/α-hetero) is 1. The fraction of sp³-hybridized carbons (Fsp3) is 0.278. The molecule has 0 spiro atoms. The molecule has 0 fully saturated rings. The first-order valence-electron chi connectivity index (χ1n) is 7.37. The number of phenolic OH excluding ortho intramolecular Hbond substituents is 2. The van der Waals surface area contributed by atoms with Gasteiger partial charge in [-0.1, -0.05) is 0 Å². The average molecular weight is 348 g/mol. The molecule has 2 aromatic rings. The van der Waals surface area contributed by atoms with Gasteiger partial charge in [0.25, 0.3) is 0 Å². The molecule has 0 aliphatic carbocycles. The van der Waals surface area contributed by atoms with Gasteiger partial charge in [-0.25, -0.2) is 0 Å². The standard InChI is InChI=1S/C18H20O7/c1-22-14-9-11(19)8-13(21)17(14)12(20)5-10-6-15(23-2)18(25-4)16(7-10)24-3/h6-9,19,21H,5H2,1-4H3. The van der Waals surface area contributed by atoms with Gasteiger partial charge in [-0.05, 0) is 17.7 Å². The van der Waals surface area contributed by atoms with Crippen molar-refractivity contribution >= 4 is 5.78 Å². The Kier molecular flexibility index (Phi) is 5.59. The molecule has 25 heavy (non-hydrogen) atoms. The van der Waals surface area contributed by atoms with Gasteiger partial charge in [-0.2, -0.15) is 0 Å². The van der Waals surface area contributed by atoms with Crippen molar-refractivity contribution in [3.8, 4) is 34.5 Å². The van der Waals surface area contributed by atoms with Crippen molar-refractivity contribution in [3.63, 3.8) is 0 Å². The molecule has 0 saturated carbocycles. The molecule has 0 atom stereocenters. The Morgan fingerprint density at radius 3 is 1.88 bits per heavy atom. The summed E-state index contributed by atoms with van der Waals surface area (Å²) in [6.45, 7) is 0. The van der Waals surface area contributed by atoms with E-state index in [1.807, 2.05) is 0 Å². The van der Waals surface area contributed by atoms with Gasteiger partial charge in [0.05, 0.1) is 28.4 Å². The van der Waals surface area contributed by atoms with Gasteiger partial charge in [-0.15, -0.1) is 0 Å². The summed E-state index contributed by atoms with van der Waals surface area (Å²) < 4.78 is 20.9. The number of rotatable bonds is 7. The number of carbonyl (C=O) groups is 1. The molecule has 0 unspecified atom stereocenters. The first-order valence-corrected chi connectivity index (χ1v) is 7.37. The molecule has 0 aromatic heterocycles. The number of phenols is 2. The Bertz CT molecular complexity index is 758. The Morgan fingerprint density at radius 2 is 1.40 bits per heavy atom. The molecule has 0 bridgehead atoms. The van der Waals surface area contributed by atoms with E-state index in [0.29, 0.717) is 22.8 Å². The molecule has 2 rings (SSSR count). The van der Waals surface area contributed by atoms with Crippen LogP contribution in [0.25, 0.3) is 0 Å². The zero-order valence-corrected chi connectivity index (χ0v) is 14.5. The maximum atomic E-state index is 12.6. The van der Waals surface area contributed by atoms with Crippen molar-refractivity contribution in [2.75, 3.05) is 28.4 Å². The minimum absolute atomic E-state index is 0.00551. The zero-order valence-electron chi connectivity index (χ0n) is 14.5. The topological polar surface area (TPSA) is 94.5 Å². The highest BCUT2D eigenvalue weighted by molar-refractivity contribution is 6.02. The summed E-state index contributed by atoms with van der Waals surface area (Å²) in [6.07, 6.45) is -0.0363. The van der Waals surface area contributed by atoms with Gasteiger partial charge in [0.15, 0.2) is 17.3 Å². The van der Waals surface area contributed by atoms with Crippen LogP contribution in [0.5, 0.6) is 34.5 Å². The predicted octanol–water partition coefficient (Wildman–Crippen LogP) is 2.56. The maximum absolute atomic E-state index is 12.6. The lowest BCUT2D eigenvalue weighted by molar-refractivity contribution is 0.0987. The number of ketones is 1. The summed E-state index contributed by atoms with van der Waals surface area (Å²) in [5, 5.41) is 19.5. The summed E-state index contributed by atoms with van der Waals surface area (Å²) in [6, 6.07) is 5.67. The SMILES string of the molecule is COc1cc(CC(=O)c2c(O)cc(O)cc2OC)cc(OC)c1OC. The van der Waals surface area contributed by atoms with Crippen molar-refractivity contribution < 1.29 is 34.0 Å². The van der Waals surface area contributed by atoms with Crippen LogP contribution < -0.4 is 18.9 Å². The van der Waals surface area contributed by atoms with E-state index < -0.39 is 0 Å². The molecule has 0 radical (unpaired) electrons. The number of carbonyl (C=O) groups excluding carboxylic acids is 1. The third-order valence-electron chi connectivity index (χ3n) is 3.65. The smallest absolute Gasteiger partial charge is 0.203 e. The Balaban J connectivity index is 2.42. The van der Waals surface area contributed by atoms with Crippen LogP contribution in [0.1, 0.15) is 15.9 Å². The van der Waals surface area contributed by atoms with Crippen molar-refractivity contribution in [1.29, 1.82) is 0 Å². The molecule has 0 saturated heterocycles. The molecule has 134 valence electrons. The molecule has 7 heteroatoms. The van der Waals surface area contributed by atoms with E-state index in [1.165, 1.54) is 34.5 Å². The van der Waals surface area contributed by atoms with E-state index in [-0.39, 0.29) is 35.0 Å². The number of hydrogen-bond donors (Lipinski definition) is 2. The van der Waals surface area contributed by atoms with Gasteiger partial charge >= 0.3 is 0 Å². The van der Waals surface area contributed by atoms with Crippen molar-refractivity contribution in [2.24, 2.45) is 0 Å². The van der Waals surface area contributed by atoms with E-state index in [4.69, 9.17) is 18.9 Å². The fourth-order valence-corrected chi connectivity index (χ4v) is 2.54. The second kappa shape index (κ2) is 7.65. The predicted molar refractivity (Wildman–Crippen MR) is 90.5 cm³/mol. The zero-order chi connectivity index (χ0) is 18.6. The third-order valence-corrected chi connectivity index (χ3v) is 3.65. The molecular weight excluding hydrogens is 328 g/mol. The summed E-state index contributed by atoms with van der Waals surface area (Å²) >= 11 is 0. The third kappa shape index (κ3) is 3.71. The number of ether oxygens (including phenoxy) is 4. The average Bonchev–Trinajstić information content (AvgIpc) is 2.59. The van der Waals surface area contributed by atoms with Crippen molar-refractivity contribution in [1.82, 2.24) is 0 Å². The van der Waals surface area contributed by atoms with Gasteiger partial charge in [-0.3, -0.25) is 4.79 Å². The van der Waals surface area contributed by atoms with Crippen molar-refractivity contribution in [2.45, 2.75) is 6.42 Å². The van der Waals surface area contributed by atoms with Gasteiger partial charge in [0.2, 0.25) is 5.75 Å². The van der Waals surface area contributed by atoms with Crippen LogP contribution in [-0.2, 0) is 6.42 Å². The maximum Gasteiger partial charge on any atom is 0.203 e. The van der Waals surface area contributed by atoms with Crippen molar-refractivity contribution in [3.05, 3.63) is 35.4 Å². The Labute approximate surface area is 145 Å². The normalized spacial score (nSPS) is 10.2. The minimum Gasteiger partial charge on any atom is -0.508 e. The van der Waals surface area contributed by atoms with E-state index >= 15 is 0 Å². The quantitative estimate of drug-likeness (QED) is 0.743. The molecule has 0 aliphatic heterocycles. The minimum atomic E-state index is -0.386. The monoisotopic (exact) mass is 348 g/mol. The molecule has 2 aromatic carbocycles. The summed E-state index contributed by atoms with van der Waals surface area (Å²) in [5.41, 5.74) is 0.600. The lowest BCUT2D eigenvalue weighted by Crippen LogP contribution is -2.07. The number of benzene rings is 2. The van der Waals surface area contributed by atoms with Crippen LogP contribution in [0.15, 0.2) is 24.3 Å². The lowest BCUT2D eigenvalue weighted by Gasteiger charge is -2.14. The van der Waals surface area contributed by atoms with E-state index in [0.717, 1.165) is 6.07 Å². The van der Waals surface area contributed by atoms with Gasteiger partial charge < -0.3 is 29.2 Å². The largest absolute Gasteiger partial charge is 0.508 e. The van der Waals surface area contributed by atoms with Crippen LogP contribution in [0.4, 0.5) is 0 Å². The summed E-state index contributed by atoms with van der Waals surface area (Å²) in [7, 11) is 5.81. The summed E-state index contributed by atoms with van der Waals surface area (Å²) in [5.74, 6) is 0.427. The second-order valence-corrected chi connectivity index (χ2v) is 5.18. The molecule has 0 amide bonds. The number of hydrogen-bond acceptors (Lipinski definition) is 7. The van der Waals surface area contributed by atoms with Gasteiger partial charge in [0, 0.05) is 18.6 Å². The first kappa shape index (κ1) is 18.3. The van der Waals surface area contributed by atoms with Crippen LogP contribution >= 0.6 is 0 Å².